The van der Waals surface area contributed by atoms with Crippen LogP contribution in [0.5, 0.6) is 0 Å². The summed E-state index contributed by atoms with van der Waals surface area (Å²) in [6.07, 6.45) is 2.79. The molecule has 3 N–H and O–H groups in total. The predicted molar refractivity (Wildman–Crippen MR) is 75.0 cm³/mol. The molecule has 18 heavy (non-hydrogen) atoms. The minimum atomic E-state index is 0.263. The number of hydrogen-bond acceptors (Lipinski definition) is 5. The number of rotatable bonds is 5. The Morgan fingerprint density at radius 2 is 2.17 bits per heavy atom. The molecular weight excluding hydrogens is 246 g/mol. The fourth-order valence-electron chi connectivity index (χ4n) is 2.45. The topological polar surface area (TPSA) is 60.2 Å². The number of hydrogen-bond donors (Lipinski definition) is 2. The molecule has 1 aliphatic heterocycles. The zero-order valence-electron chi connectivity index (χ0n) is 11.4. The Morgan fingerprint density at radius 1 is 1.44 bits per heavy atom. The van der Waals surface area contributed by atoms with Gasteiger partial charge in [0.05, 0.1) is 22.9 Å². The molecule has 0 aliphatic carbocycles. The molecule has 5 heteroatoms. The Kier molecular flexibility index (Phi) is 4.72. The SMILES string of the molecule is Cc1nc(C)c(C(C)NCC2CCC(CN)O2)s1. The van der Waals surface area contributed by atoms with Gasteiger partial charge in [-0.05, 0) is 33.6 Å². The zero-order chi connectivity index (χ0) is 13.1. The minimum absolute atomic E-state index is 0.263. The van der Waals surface area contributed by atoms with E-state index in [1.54, 1.807) is 11.3 Å². The molecule has 3 atom stereocenters. The lowest BCUT2D eigenvalue weighted by atomic mass is 10.2. The summed E-state index contributed by atoms with van der Waals surface area (Å²) in [5, 5.41) is 4.68. The van der Waals surface area contributed by atoms with Crippen LogP contribution in [0.2, 0.25) is 0 Å². The Balaban J connectivity index is 1.82. The number of ether oxygens (including phenoxy) is 1. The summed E-state index contributed by atoms with van der Waals surface area (Å²) in [5.74, 6) is 0. The maximum absolute atomic E-state index is 5.83. The lowest BCUT2D eigenvalue weighted by Gasteiger charge is -2.17. The van der Waals surface area contributed by atoms with Crippen molar-refractivity contribution in [1.82, 2.24) is 10.3 Å². The zero-order valence-corrected chi connectivity index (χ0v) is 12.2. The highest BCUT2D eigenvalue weighted by Gasteiger charge is 2.24. The maximum Gasteiger partial charge on any atom is 0.0900 e. The van der Waals surface area contributed by atoms with E-state index in [9.17, 15) is 0 Å². The van der Waals surface area contributed by atoms with Crippen LogP contribution in [0.3, 0.4) is 0 Å². The van der Waals surface area contributed by atoms with Crippen LogP contribution < -0.4 is 11.1 Å². The van der Waals surface area contributed by atoms with Crippen LogP contribution in [0, 0.1) is 13.8 Å². The largest absolute Gasteiger partial charge is 0.372 e. The van der Waals surface area contributed by atoms with E-state index in [0.29, 0.717) is 18.7 Å². The third kappa shape index (κ3) is 3.29. The monoisotopic (exact) mass is 269 g/mol. The van der Waals surface area contributed by atoms with Crippen LogP contribution in [0.4, 0.5) is 0 Å². The Labute approximate surface area is 113 Å². The van der Waals surface area contributed by atoms with Gasteiger partial charge in [0.1, 0.15) is 0 Å². The van der Waals surface area contributed by atoms with Crippen molar-refractivity contribution in [1.29, 1.82) is 0 Å². The third-order valence-electron chi connectivity index (χ3n) is 3.44. The van der Waals surface area contributed by atoms with E-state index in [0.717, 1.165) is 30.1 Å². The molecule has 0 spiro atoms. The van der Waals surface area contributed by atoms with Gasteiger partial charge in [0, 0.05) is 24.0 Å². The second-order valence-corrected chi connectivity index (χ2v) is 6.24. The van der Waals surface area contributed by atoms with Gasteiger partial charge in [0.2, 0.25) is 0 Å². The number of nitrogens with one attached hydrogen (secondary N) is 1. The van der Waals surface area contributed by atoms with Crippen molar-refractivity contribution in [2.45, 2.75) is 51.9 Å². The van der Waals surface area contributed by atoms with Crippen molar-refractivity contribution in [2.24, 2.45) is 5.73 Å². The fourth-order valence-corrected chi connectivity index (χ4v) is 3.41. The Hall–Kier alpha value is -0.490. The van der Waals surface area contributed by atoms with Gasteiger partial charge in [-0.25, -0.2) is 4.98 Å². The average molecular weight is 269 g/mol. The number of aryl methyl sites for hydroxylation is 2. The van der Waals surface area contributed by atoms with Crippen LogP contribution in [-0.4, -0.2) is 30.3 Å². The lowest BCUT2D eigenvalue weighted by molar-refractivity contribution is 0.0492. The van der Waals surface area contributed by atoms with E-state index in [1.807, 2.05) is 0 Å². The molecule has 1 aromatic heterocycles. The summed E-state index contributed by atoms with van der Waals surface area (Å²) in [6.45, 7) is 7.86. The molecule has 0 aromatic carbocycles. The van der Waals surface area contributed by atoms with E-state index in [-0.39, 0.29) is 6.10 Å². The molecule has 0 amide bonds. The first-order chi connectivity index (χ1) is 8.60. The minimum Gasteiger partial charge on any atom is -0.372 e. The standard InChI is InChI=1S/C13H23N3OS/c1-8(13-9(2)16-10(3)18-13)15-7-12-5-4-11(6-14)17-12/h8,11-12,15H,4-7,14H2,1-3H3. The lowest BCUT2D eigenvalue weighted by Crippen LogP contribution is -2.30. The molecule has 3 unspecified atom stereocenters. The molecule has 2 rings (SSSR count). The second-order valence-electron chi connectivity index (χ2n) is 5.01. The molecule has 1 aromatic rings. The van der Waals surface area contributed by atoms with Crippen molar-refractivity contribution in [3.8, 4) is 0 Å². The smallest absolute Gasteiger partial charge is 0.0900 e. The second kappa shape index (κ2) is 6.10. The highest BCUT2D eigenvalue weighted by atomic mass is 32.1. The van der Waals surface area contributed by atoms with Crippen molar-refractivity contribution in [3.63, 3.8) is 0 Å². The van der Waals surface area contributed by atoms with Gasteiger partial charge in [-0.15, -0.1) is 11.3 Å². The quantitative estimate of drug-likeness (QED) is 0.857. The molecule has 4 nitrogen and oxygen atoms in total. The number of thiazole rings is 1. The fraction of sp³-hybridized carbons (Fsp3) is 0.769. The third-order valence-corrected chi connectivity index (χ3v) is 4.70. The summed E-state index contributed by atoms with van der Waals surface area (Å²) in [5.41, 5.74) is 6.76. The molecule has 1 fully saturated rings. The highest BCUT2D eigenvalue weighted by Crippen LogP contribution is 2.25. The van der Waals surface area contributed by atoms with E-state index in [4.69, 9.17) is 10.5 Å². The van der Waals surface area contributed by atoms with Crippen molar-refractivity contribution in [2.75, 3.05) is 13.1 Å². The van der Waals surface area contributed by atoms with Crippen molar-refractivity contribution >= 4 is 11.3 Å². The van der Waals surface area contributed by atoms with Crippen LogP contribution in [0.1, 0.15) is 41.4 Å². The predicted octanol–water partition coefficient (Wildman–Crippen LogP) is 1.92. The van der Waals surface area contributed by atoms with Gasteiger partial charge in [0.25, 0.3) is 0 Å². The summed E-state index contributed by atoms with van der Waals surface area (Å²) in [6, 6.07) is 0.344. The maximum atomic E-state index is 5.83. The summed E-state index contributed by atoms with van der Waals surface area (Å²) in [7, 11) is 0. The van der Waals surface area contributed by atoms with Gasteiger partial charge >= 0.3 is 0 Å². The van der Waals surface area contributed by atoms with Crippen LogP contribution in [0.15, 0.2) is 0 Å². The van der Waals surface area contributed by atoms with Crippen LogP contribution >= 0.6 is 11.3 Å². The van der Waals surface area contributed by atoms with Crippen LogP contribution in [0.25, 0.3) is 0 Å². The number of nitrogens with two attached hydrogens (primary N) is 1. The average Bonchev–Trinajstić information content (AvgIpc) is 2.92. The van der Waals surface area contributed by atoms with E-state index < -0.39 is 0 Å². The van der Waals surface area contributed by atoms with Gasteiger partial charge in [-0.2, -0.15) is 0 Å². The van der Waals surface area contributed by atoms with E-state index >= 15 is 0 Å². The molecule has 102 valence electrons. The first-order valence-electron chi connectivity index (χ1n) is 6.63. The molecule has 1 saturated heterocycles. The summed E-state index contributed by atoms with van der Waals surface area (Å²) >= 11 is 1.78. The Bertz CT molecular complexity index is 394. The molecule has 0 radical (unpaired) electrons. The van der Waals surface area contributed by atoms with Gasteiger partial charge in [0.15, 0.2) is 0 Å². The first-order valence-corrected chi connectivity index (χ1v) is 7.44. The van der Waals surface area contributed by atoms with E-state index in [1.165, 1.54) is 4.88 Å². The van der Waals surface area contributed by atoms with Gasteiger partial charge in [-0.3, -0.25) is 0 Å². The molecule has 1 aliphatic rings. The van der Waals surface area contributed by atoms with Crippen LogP contribution in [-0.2, 0) is 4.74 Å². The van der Waals surface area contributed by atoms with Gasteiger partial charge in [-0.1, -0.05) is 0 Å². The summed E-state index contributed by atoms with van der Waals surface area (Å²) < 4.78 is 5.83. The molecular formula is C13H23N3OS. The summed E-state index contributed by atoms with van der Waals surface area (Å²) in [4.78, 5) is 5.80. The van der Waals surface area contributed by atoms with E-state index in [2.05, 4.69) is 31.1 Å². The normalized spacial score (nSPS) is 25.6. The molecule has 2 heterocycles. The molecule has 0 bridgehead atoms. The Morgan fingerprint density at radius 3 is 2.72 bits per heavy atom. The van der Waals surface area contributed by atoms with Crippen molar-refractivity contribution in [3.05, 3.63) is 15.6 Å². The number of nitrogens with zero attached hydrogens (tertiary/aromatic N) is 1. The van der Waals surface area contributed by atoms with Gasteiger partial charge < -0.3 is 15.8 Å². The molecule has 0 saturated carbocycles. The highest BCUT2D eigenvalue weighted by molar-refractivity contribution is 7.11. The van der Waals surface area contributed by atoms with Crippen molar-refractivity contribution < 1.29 is 4.74 Å². The number of aromatic nitrogens is 1. The first kappa shape index (κ1) is 13.9.